The van der Waals surface area contributed by atoms with Gasteiger partial charge in [-0.1, -0.05) is 0 Å². The summed E-state index contributed by atoms with van der Waals surface area (Å²) in [7, 11) is 0. The van der Waals surface area contributed by atoms with Crippen LogP contribution in [0.4, 0.5) is 4.39 Å². The molecule has 0 saturated heterocycles. The molecule has 0 aromatic heterocycles. The number of carbonyl (C=O) groups excluding carboxylic acids is 1. The molecular formula is C10H11BrFNO2. The molecule has 0 aliphatic carbocycles. The number of carbonyl (C=O) groups is 1. The van der Waals surface area contributed by atoms with Crippen molar-refractivity contribution in [3.8, 4) is 0 Å². The Labute approximate surface area is 95.4 Å². The molecule has 1 atom stereocenters. The van der Waals surface area contributed by atoms with Crippen molar-refractivity contribution in [3.63, 3.8) is 0 Å². The fourth-order valence-electron chi connectivity index (χ4n) is 1.01. The van der Waals surface area contributed by atoms with Gasteiger partial charge in [-0.3, -0.25) is 4.79 Å². The fraction of sp³-hybridized carbons (Fsp3) is 0.300. The highest BCUT2D eigenvalue weighted by Crippen LogP contribution is 2.17. The lowest BCUT2D eigenvalue weighted by atomic mass is 10.2. The lowest BCUT2D eigenvalue weighted by molar-refractivity contribution is 0.0923. The molecule has 0 spiro atoms. The van der Waals surface area contributed by atoms with E-state index in [0.29, 0.717) is 10.0 Å². The zero-order chi connectivity index (χ0) is 11.4. The fourth-order valence-corrected chi connectivity index (χ4v) is 1.54. The van der Waals surface area contributed by atoms with Crippen LogP contribution in [0.15, 0.2) is 22.7 Å². The SMILES string of the molecule is C[C@H](O)CNC(=O)c1ccc(F)cc1Br. The predicted octanol–water partition coefficient (Wildman–Crippen LogP) is 1.70. The van der Waals surface area contributed by atoms with Crippen LogP contribution in [0.5, 0.6) is 0 Å². The average Bonchev–Trinajstić information content (AvgIpc) is 2.14. The first-order valence-electron chi connectivity index (χ1n) is 4.42. The summed E-state index contributed by atoms with van der Waals surface area (Å²) >= 11 is 3.09. The zero-order valence-corrected chi connectivity index (χ0v) is 9.71. The van der Waals surface area contributed by atoms with E-state index in [1.54, 1.807) is 6.92 Å². The van der Waals surface area contributed by atoms with Crippen LogP contribution >= 0.6 is 15.9 Å². The van der Waals surface area contributed by atoms with E-state index < -0.39 is 11.9 Å². The molecule has 0 saturated carbocycles. The second kappa shape index (κ2) is 5.23. The van der Waals surface area contributed by atoms with Gasteiger partial charge in [0.05, 0.1) is 11.7 Å². The number of nitrogens with one attached hydrogen (secondary N) is 1. The van der Waals surface area contributed by atoms with Crippen LogP contribution in [0, 0.1) is 5.82 Å². The van der Waals surface area contributed by atoms with E-state index >= 15 is 0 Å². The smallest absolute Gasteiger partial charge is 0.252 e. The molecule has 1 amide bonds. The van der Waals surface area contributed by atoms with Gasteiger partial charge in [-0.05, 0) is 41.1 Å². The Bertz CT molecular complexity index is 368. The molecule has 1 aromatic rings. The Kier molecular flexibility index (Phi) is 4.23. The number of rotatable bonds is 3. The largest absolute Gasteiger partial charge is 0.392 e. The monoisotopic (exact) mass is 275 g/mol. The van der Waals surface area contributed by atoms with Gasteiger partial charge in [0.25, 0.3) is 5.91 Å². The lowest BCUT2D eigenvalue weighted by Gasteiger charge is -2.08. The molecule has 1 aromatic carbocycles. The van der Waals surface area contributed by atoms with Crippen molar-refractivity contribution in [2.75, 3.05) is 6.54 Å². The van der Waals surface area contributed by atoms with Crippen molar-refractivity contribution in [2.45, 2.75) is 13.0 Å². The van der Waals surface area contributed by atoms with Gasteiger partial charge in [0.2, 0.25) is 0 Å². The van der Waals surface area contributed by atoms with Crippen LogP contribution in [0.3, 0.4) is 0 Å². The van der Waals surface area contributed by atoms with Gasteiger partial charge >= 0.3 is 0 Å². The highest BCUT2D eigenvalue weighted by atomic mass is 79.9. The average molecular weight is 276 g/mol. The molecule has 3 nitrogen and oxygen atoms in total. The highest BCUT2D eigenvalue weighted by molar-refractivity contribution is 9.10. The maximum Gasteiger partial charge on any atom is 0.252 e. The number of hydrogen-bond donors (Lipinski definition) is 2. The summed E-state index contributed by atoms with van der Waals surface area (Å²) in [6.07, 6.45) is -0.604. The molecule has 0 aliphatic heterocycles. The van der Waals surface area contributed by atoms with Crippen molar-refractivity contribution in [2.24, 2.45) is 0 Å². The van der Waals surface area contributed by atoms with Crippen molar-refractivity contribution >= 4 is 21.8 Å². The van der Waals surface area contributed by atoms with Crippen molar-refractivity contribution < 1.29 is 14.3 Å². The maximum absolute atomic E-state index is 12.7. The number of halogens is 2. The lowest BCUT2D eigenvalue weighted by Crippen LogP contribution is -2.30. The number of aliphatic hydroxyl groups is 1. The second-order valence-corrected chi connectivity index (χ2v) is 4.04. The van der Waals surface area contributed by atoms with Crippen LogP contribution in [-0.4, -0.2) is 23.7 Å². The summed E-state index contributed by atoms with van der Waals surface area (Å²) in [6.45, 7) is 1.74. The van der Waals surface area contributed by atoms with E-state index in [4.69, 9.17) is 5.11 Å². The molecule has 15 heavy (non-hydrogen) atoms. The Morgan fingerprint density at radius 1 is 1.67 bits per heavy atom. The quantitative estimate of drug-likeness (QED) is 0.882. The molecule has 0 fully saturated rings. The van der Waals surface area contributed by atoms with E-state index in [-0.39, 0.29) is 12.5 Å². The van der Waals surface area contributed by atoms with Gasteiger partial charge in [0, 0.05) is 11.0 Å². The van der Waals surface area contributed by atoms with Crippen LogP contribution in [0.25, 0.3) is 0 Å². The van der Waals surface area contributed by atoms with E-state index in [1.807, 2.05) is 0 Å². The van der Waals surface area contributed by atoms with Gasteiger partial charge in [-0.15, -0.1) is 0 Å². The normalized spacial score (nSPS) is 12.3. The van der Waals surface area contributed by atoms with Crippen LogP contribution < -0.4 is 5.32 Å². The number of hydrogen-bond acceptors (Lipinski definition) is 2. The topological polar surface area (TPSA) is 49.3 Å². The van der Waals surface area contributed by atoms with Crippen LogP contribution in [0.2, 0.25) is 0 Å². The molecule has 0 aliphatic rings. The molecule has 0 radical (unpaired) electrons. The Hall–Kier alpha value is -0.940. The van der Waals surface area contributed by atoms with Crippen LogP contribution in [-0.2, 0) is 0 Å². The first-order chi connectivity index (χ1) is 7.00. The third kappa shape index (κ3) is 3.60. The zero-order valence-electron chi connectivity index (χ0n) is 8.13. The van der Waals surface area contributed by atoms with E-state index in [1.165, 1.54) is 18.2 Å². The first kappa shape index (κ1) is 12.1. The van der Waals surface area contributed by atoms with E-state index in [2.05, 4.69) is 21.2 Å². The number of benzene rings is 1. The van der Waals surface area contributed by atoms with Gasteiger partial charge in [-0.25, -0.2) is 4.39 Å². The molecule has 0 unspecified atom stereocenters. The van der Waals surface area contributed by atoms with E-state index in [0.717, 1.165) is 0 Å². The molecule has 5 heteroatoms. The van der Waals surface area contributed by atoms with Gasteiger partial charge in [-0.2, -0.15) is 0 Å². The van der Waals surface area contributed by atoms with E-state index in [9.17, 15) is 9.18 Å². The van der Waals surface area contributed by atoms with Gasteiger partial charge in [0.15, 0.2) is 0 Å². The standard InChI is InChI=1S/C10H11BrFNO2/c1-6(14)5-13-10(15)8-3-2-7(12)4-9(8)11/h2-4,6,14H,5H2,1H3,(H,13,15)/t6-/m0/s1. The Morgan fingerprint density at radius 2 is 2.33 bits per heavy atom. The highest BCUT2D eigenvalue weighted by Gasteiger charge is 2.10. The van der Waals surface area contributed by atoms with Crippen molar-refractivity contribution in [3.05, 3.63) is 34.1 Å². The third-order valence-corrected chi connectivity index (χ3v) is 2.39. The number of amides is 1. The van der Waals surface area contributed by atoms with Gasteiger partial charge < -0.3 is 10.4 Å². The summed E-state index contributed by atoms with van der Waals surface area (Å²) in [5.41, 5.74) is 0.344. The summed E-state index contributed by atoms with van der Waals surface area (Å²) in [6, 6.07) is 3.82. The summed E-state index contributed by atoms with van der Waals surface area (Å²) in [5, 5.41) is 11.5. The maximum atomic E-state index is 12.7. The molecule has 82 valence electrons. The Morgan fingerprint density at radius 3 is 2.87 bits per heavy atom. The minimum absolute atomic E-state index is 0.169. The molecule has 2 N–H and O–H groups in total. The molecular weight excluding hydrogens is 265 g/mol. The Balaban J connectivity index is 2.74. The molecule has 0 heterocycles. The van der Waals surface area contributed by atoms with Gasteiger partial charge in [0.1, 0.15) is 5.82 Å². The summed E-state index contributed by atoms with van der Waals surface area (Å²) < 4.78 is 13.1. The summed E-state index contributed by atoms with van der Waals surface area (Å²) in [4.78, 5) is 11.5. The minimum Gasteiger partial charge on any atom is -0.392 e. The second-order valence-electron chi connectivity index (χ2n) is 3.18. The first-order valence-corrected chi connectivity index (χ1v) is 5.21. The summed E-state index contributed by atoms with van der Waals surface area (Å²) in [5.74, 6) is -0.753. The minimum atomic E-state index is -0.604. The third-order valence-electron chi connectivity index (χ3n) is 1.73. The molecule has 0 bridgehead atoms. The number of aliphatic hydroxyl groups excluding tert-OH is 1. The van der Waals surface area contributed by atoms with Crippen LogP contribution in [0.1, 0.15) is 17.3 Å². The van der Waals surface area contributed by atoms with Crippen molar-refractivity contribution in [1.82, 2.24) is 5.32 Å². The van der Waals surface area contributed by atoms with Crippen molar-refractivity contribution in [1.29, 1.82) is 0 Å². The predicted molar refractivity (Wildman–Crippen MR) is 58.1 cm³/mol. The molecule has 1 rings (SSSR count).